The van der Waals surface area contributed by atoms with Crippen LogP contribution in [0.4, 0.5) is 5.69 Å². The van der Waals surface area contributed by atoms with Crippen LogP contribution in [0.15, 0.2) is 72.9 Å². The molecular weight excluding hydrogens is 358 g/mol. The highest BCUT2D eigenvalue weighted by atomic mass is 15.3. The van der Waals surface area contributed by atoms with Gasteiger partial charge in [-0.05, 0) is 30.4 Å². The van der Waals surface area contributed by atoms with Crippen LogP contribution in [0.5, 0.6) is 0 Å². The Morgan fingerprint density at radius 2 is 1.55 bits per heavy atom. The maximum atomic E-state index is 9.90. The van der Waals surface area contributed by atoms with Gasteiger partial charge in [0.15, 0.2) is 11.5 Å². The maximum Gasteiger partial charge on any atom is 0.181 e. The molecule has 0 atom stereocenters. The Balaban J connectivity index is 1.45. The Bertz CT molecular complexity index is 1170. The summed E-state index contributed by atoms with van der Waals surface area (Å²) in [6, 6.07) is 25.1. The summed E-state index contributed by atoms with van der Waals surface area (Å²) >= 11 is 0. The quantitative estimate of drug-likeness (QED) is 0.520. The van der Waals surface area contributed by atoms with Crippen LogP contribution in [-0.2, 0) is 0 Å². The minimum atomic E-state index is 0.583. The van der Waals surface area contributed by atoms with Crippen LogP contribution < -0.4 is 4.90 Å². The number of pyridine rings is 1. The molecule has 1 saturated heterocycles. The van der Waals surface area contributed by atoms with Gasteiger partial charge in [0.25, 0.3) is 0 Å². The predicted octanol–water partition coefficient (Wildman–Crippen LogP) is 4.65. The highest BCUT2D eigenvalue weighted by Crippen LogP contribution is 2.33. The third kappa shape index (κ3) is 3.13. The number of anilines is 1. The first-order valence-electron chi connectivity index (χ1n) is 9.98. The minimum Gasteiger partial charge on any atom is -0.370 e. The standard InChI is InChI=1S/C24H21N5/c25-17-21-22(28-14-11-19(12-15-28)18-7-3-1-4-8-18)13-16-29-23(26-27-24(21)29)20-9-5-2-6-10-20/h1-10,13,16,19H,11-12,14-15H2. The summed E-state index contributed by atoms with van der Waals surface area (Å²) < 4.78 is 1.91. The lowest BCUT2D eigenvalue weighted by Gasteiger charge is -2.34. The van der Waals surface area contributed by atoms with Crippen molar-refractivity contribution in [3.63, 3.8) is 0 Å². The third-order valence-electron chi connectivity index (χ3n) is 5.81. The second-order valence-electron chi connectivity index (χ2n) is 7.44. The fourth-order valence-corrected chi connectivity index (χ4v) is 4.28. The van der Waals surface area contributed by atoms with Crippen molar-refractivity contribution < 1.29 is 0 Å². The number of hydrogen-bond donors (Lipinski definition) is 0. The summed E-state index contributed by atoms with van der Waals surface area (Å²) in [5, 5.41) is 18.6. The molecule has 1 aliphatic heterocycles. The molecule has 142 valence electrons. The molecule has 0 bridgehead atoms. The molecule has 5 rings (SSSR count). The van der Waals surface area contributed by atoms with E-state index in [0.717, 1.165) is 43.0 Å². The monoisotopic (exact) mass is 379 g/mol. The van der Waals surface area contributed by atoms with Gasteiger partial charge in [-0.1, -0.05) is 60.7 Å². The lowest BCUT2D eigenvalue weighted by atomic mass is 9.89. The topological polar surface area (TPSA) is 57.2 Å². The van der Waals surface area contributed by atoms with Crippen molar-refractivity contribution in [1.82, 2.24) is 14.6 Å². The first-order chi connectivity index (χ1) is 14.3. The average Bonchev–Trinajstić information content (AvgIpc) is 3.24. The van der Waals surface area contributed by atoms with E-state index in [1.807, 2.05) is 47.0 Å². The van der Waals surface area contributed by atoms with E-state index in [4.69, 9.17) is 0 Å². The lowest BCUT2D eigenvalue weighted by Crippen LogP contribution is -2.33. The Labute approximate surface area is 169 Å². The zero-order valence-electron chi connectivity index (χ0n) is 16.1. The van der Waals surface area contributed by atoms with E-state index < -0.39 is 0 Å². The second kappa shape index (κ2) is 7.40. The summed E-state index contributed by atoms with van der Waals surface area (Å²) in [5.74, 6) is 1.34. The molecule has 1 aliphatic rings. The highest BCUT2D eigenvalue weighted by Gasteiger charge is 2.24. The van der Waals surface area contributed by atoms with Crippen LogP contribution in [0.25, 0.3) is 17.0 Å². The maximum absolute atomic E-state index is 9.90. The van der Waals surface area contributed by atoms with Gasteiger partial charge in [0.1, 0.15) is 11.6 Å². The molecule has 0 N–H and O–H groups in total. The predicted molar refractivity (Wildman–Crippen MR) is 114 cm³/mol. The Hall–Kier alpha value is -3.65. The molecule has 2 aromatic heterocycles. The number of aromatic nitrogens is 3. The van der Waals surface area contributed by atoms with E-state index in [-0.39, 0.29) is 0 Å². The van der Waals surface area contributed by atoms with Gasteiger partial charge in [0.2, 0.25) is 0 Å². The summed E-state index contributed by atoms with van der Waals surface area (Å²) in [6.45, 7) is 1.87. The van der Waals surface area contributed by atoms with E-state index in [1.165, 1.54) is 5.56 Å². The van der Waals surface area contributed by atoms with Gasteiger partial charge in [-0.15, -0.1) is 10.2 Å². The van der Waals surface area contributed by atoms with Gasteiger partial charge in [-0.3, -0.25) is 4.40 Å². The van der Waals surface area contributed by atoms with Crippen molar-refractivity contribution in [2.45, 2.75) is 18.8 Å². The molecule has 29 heavy (non-hydrogen) atoms. The molecule has 5 nitrogen and oxygen atoms in total. The van der Waals surface area contributed by atoms with Crippen molar-refractivity contribution in [2.24, 2.45) is 0 Å². The fraction of sp³-hybridized carbons (Fsp3) is 0.208. The zero-order chi connectivity index (χ0) is 19.6. The van der Waals surface area contributed by atoms with Crippen molar-refractivity contribution in [2.75, 3.05) is 18.0 Å². The normalized spacial score (nSPS) is 14.8. The Kier molecular flexibility index (Phi) is 4.45. The molecule has 0 unspecified atom stereocenters. The van der Waals surface area contributed by atoms with Crippen molar-refractivity contribution >= 4 is 11.3 Å². The second-order valence-corrected chi connectivity index (χ2v) is 7.44. The van der Waals surface area contributed by atoms with E-state index in [9.17, 15) is 5.26 Å². The van der Waals surface area contributed by atoms with Gasteiger partial charge >= 0.3 is 0 Å². The molecule has 0 amide bonds. The van der Waals surface area contributed by atoms with Gasteiger partial charge < -0.3 is 4.90 Å². The molecule has 0 aliphatic carbocycles. The molecule has 0 spiro atoms. The van der Waals surface area contributed by atoms with E-state index in [2.05, 4.69) is 51.5 Å². The van der Waals surface area contributed by atoms with Crippen LogP contribution in [-0.4, -0.2) is 27.7 Å². The van der Waals surface area contributed by atoms with Crippen molar-refractivity contribution in [3.05, 3.63) is 84.1 Å². The summed E-state index contributed by atoms with van der Waals surface area (Å²) in [7, 11) is 0. The van der Waals surface area contributed by atoms with E-state index in [0.29, 0.717) is 17.1 Å². The van der Waals surface area contributed by atoms with Gasteiger partial charge in [-0.25, -0.2) is 0 Å². The van der Waals surface area contributed by atoms with Gasteiger partial charge in [0, 0.05) is 24.8 Å². The number of rotatable bonds is 3. The van der Waals surface area contributed by atoms with Gasteiger partial charge in [0.05, 0.1) is 5.69 Å². The van der Waals surface area contributed by atoms with Crippen LogP contribution in [0.3, 0.4) is 0 Å². The van der Waals surface area contributed by atoms with Crippen LogP contribution in [0.2, 0.25) is 0 Å². The van der Waals surface area contributed by atoms with Crippen LogP contribution in [0.1, 0.15) is 29.9 Å². The molecule has 0 radical (unpaired) electrons. The van der Waals surface area contributed by atoms with Gasteiger partial charge in [-0.2, -0.15) is 5.26 Å². The number of fused-ring (bicyclic) bond motifs is 1. The Morgan fingerprint density at radius 3 is 2.24 bits per heavy atom. The number of benzene rings is 2. The first-order valence-corrected chi connectivity index (χ1v) is 9.98. The fourth-order valence-electron chi connectivity index (χ4n) is 4.28. The van der Waals surface area contributed by atoms with Crippen LogP contribution in [0, 0.1) is 11.3 Å². The molecule has 5 heteroatoms. The molecular formula is C24H21N5. The molecule has 3 heterocycles. The number of nitrogens with zero attached hydrogens (tertiary/aromatic N) is 5. The first kappa shape index (κ1) is 17.4. The SMILES string of the molecule is N#Cc1c(N2CCC(c3ccccc3)CC2)ccn2c(-c3ccccc3)nnc12. The zero-order valence-corrected chi connectivity index (χ0v) is 16.1. The third-order valence-corrected chi connectivity index (χ3v) is 5.81. The number of nitriles is 1. The molecule has 0 saturated carbocycles. The smallest absolute Gasteiger partial charge is 0.181 e. The van der Waals surface area contributed by atoms with E-state index in [1.54, 1.807) is 0 Å². The summed E-state index contributed by atoms with van der Waals surface area (Å²) in [5.41, 5.74) is 4.57. The average molecular weight is 379 g/mol. The largest absolute Gasteiger partial charge is 0.370 e. The lowest BCUT2D eigenvalue weighted by molar-refractivity contribution is 0.505. The Morgan fingerprint density at radius 1 is 0.862 bits per heavy atom. The summed E-state index contributed by atoms with van der Waals surface area (Å²) in [6.07, 6.45) is 4.15. The van der Waals surface area contributed by atoms with Crippen LogP contribution >= 0.6 is 0 Å². The van der Waals surface area contributed by atoms with Crippen molar-refractivity contribution in [3.8, 4) is 17.5 Å². The molecule has 1 fully saturated rings. The minimum absolute atomic E-state index is 0.583. The highest BCUT2D eigenvalue weighted by molar-refractivity contribution is 5.73. The van der Waals surface area contributed by atoms with Crippen molar-refractivity contribution in [1.29, 1.82) is 5.26 Å². The van der Waals surface area contributed by atoms with E-state index >= 15 is 0 Å². The number of hydrogen-bond acceptors (Lipinski definition) is 4. The molecule has 2 aromatic carbocycles. The summed E-state index contributed by atoms with van der Waals surface area (Å²) in [4.78, 5) is 2.31. The number of piperidine rings is 1. The molecule has 4 aromatic rings.